The van der Waals surface area contributed by atoms with Gasteiger partial charge in [0.15, 0.2) is 0 Å². The largest absolute Gasteiger partial charge is 0.481 e. The molecule has 5 heteroatoms. The molecule has 0 unspecified atom stereocenters. The molecule has 3 rings (SSSR count). The highest BCUT2D eigenvalue weighted by molar-refractivity contribution is 6.12. The van der Waals surface area contributed by atoms with Gasteiger partial charge in [-0.3, -0.25) is 4.79 Å². The van der Waals surface area contributed by atoms with Crippen LogP contribution in [-0.4, -0.2) is 22.6 Å². The van der Waals surface area contributed by atoms with Gasteiger partial charge >= 0.3 is 0 Å². The zero-order valence-corrected chi connectivity index (χ0v) is 12.5. The zero-order chi connectivity index (χ0) is 15.5. The van der Waals surface area contributed by atoms with Gasteiger partial charge in [-0.05, 0) is 19.1 Å². The normalized spacial score (nSPS) is 10.6. The van der Waals surface area contributed by atoms with Crippen LogP contribution in [0.5, 0.6) is 5.88 Å². The molecule has 0 aliphatic rings. The minimum Gasteiger partial charge on any atom is -0.481 e. The molecule has 1 aromatic carbocycles. The maximum atomic E-state index is 12.5. The Balaban J connectivity index is 1.91. The summed E-state index contributed by atoms with van der Waals surface area (Å²) in [5.74, 6) is 0.371. The molecule has 112 valence electrons. The predicted molar refractivity (Wildman–Crippen MR) is 86.4 cm³/mol. The lowest BCUT2D eigenvalue weighted by Gasteiger charge is -2.04. The van der Waals surface area contributed by atoms with Crippen molar-refractivity contribution in [1.29, 1.82) is 0 Å². The molecule has 0 saturated heterocycles. The van der Waals surface area contributed by atoms with Crippen molar-refractivity contribution in [1.82, 2.24) is 9.55 Å². The quantitative estimate of drug-likeness (QED) is 0.803. The number of anilines is 1. The first kappa shape index (κ1) is 14.1. The van der Waals surface area contributed by atoms with Gasteiger partial charge in [-0.15, -0.1) is 0 Å². The molecule has 1 amide bonds. The van der Waals surface area contributed by atoms with Gasteiger partial charge in [0, 0.05) is 29.7 Å². The Hall–Kier alpha value is -2.82. The van der Waals surface area contributed by atoms with Gasteiger partial charge in [-0.1, -0.05) is 18.2 Å². The molecule has 0 atom stereocenters. The van der Waals surface area contributed by atoms with Crippen molar-refractivity contribution in [3.63, 3.8) is 0 Å². The summed E-state index contributed by atoms with van der Waals surface area (Å²) in [4.78, 5) is 16.6. The van der Waals surface area contributed by atoms with Crippen LogP contribution >= 0.6 is 0 Å². The van der Waals surface area contributed by atoms with Gasteiger partial charge in [-0.2, -0.15) is 0 Å². The fourth-order valence-corrected chi connectivity index (χ4v) is 2.46. The first-order valence-corrected chi connectivity index (χ1v) is 7.12. The summed E-state index contributed by atoms with van der Waals surface area (Å²) < 4.78 is 7.07. The second-order valence-electron chi connectivity index (χ2n) is 4.89. The number of aryl methyl sites for hydroxylation is 1. The molecule has 0 saturated carbocycles. The van der Waals surface area contributed by atoms with E-state index < -0.39 is 0 Å². The van der Waals surface area contributed by atoms with Gasteiger partial charge in [0.2, 0.25) is 5.88 Å². The highest BCUT2D eigenvalue weighted by atomic mass is 16.5. The van der Waals surface area contributed by atoms with Gasteiger partial charge in [0.05, 0.1) is 24.6 Å². The van der Waals surface area contributed by atoms with Gasteiger partial charge in [0.1, 0.15) is 0 Å². The van der Waals surface area contributed by atoms with Crippen molar-refractivity contribution < 1.29 is 9.53 Å². The Morgan fingerprint density at radius 1 is 1.27 bits per heavy atom. The molecule has 2 heterocycles. The minimum atomic E-state index is -0.143. The number of pyridine rings is 1. The number of ether oxygens (including phenoxy) is 1. The molecule has 0 aliphatic heterocycles. The van der Waals surface area contributed by atoms with Crippen LogP contribution in [0.25, 0.3) is 10.9 Å². The molecule has 5 nitrogen and oxygen atoms in total. The van der Waals surface area contributed by atoms with E-state index in [-0.39, 0.29) is 5.91 Å². The number of hydrogen-bond donors (Lipinski definition) is 1. The van der Waals surface area contributed by atoms with Crippen molar-refractivity contribution in [2.45, 2.75) is 13.5 Å². The van der Waals surface area contributed by atoms with Crippen molar-refractivity contribution >= 4 is 22.5 Å². The lowest BCUT2D eigenvalue weighted by atomic mass is 10.1. The first-order valence-electron chi connectivity index (χ1n) is 7.12. The van der Waals surface area contributed by atoms with Crippen LogP contribution in [0.2, 0.25) is 0 Å². The summed E-state index contributed by atoms with van der Waals surface area (Å²) >= 11 is 0. The second-order valence-corrected chi connectivity index (χ2v) is 4.89. The number of carbonyl (C=O) groups is 1. The molecule has 0 radical (unpaired) electrons. The van der Waals surface area contributed by atoms with Gasteiger partial charge < -0.3 is 14.6 Å². The molecule has 22 heavy (non-hydrogen) atoms. The van der Waals surface area contributed by atoms with E-state index in [2.05, 4.69) is 21.8 Å². The topological polar surface area (TPSA) is 56.2 Å². The Bertz CT molecular complexity index is 806. The van der Waals surface area contributed by atoms with Crippen LogP contribution in [0.1, 0.15) is 17.3 Å². The SMILES string of the molecule is CCn1cc(C(=O)Nc2ccc(OC)nc2)c2ccccc21. The lowest BCUT2D eigenvalue weighted by Crippen LogP contribution is -2.11. The number of para-hydroxylation sites is 1. The number of carbonyl (C=O) groups excluding carboxylic acids is 1. The second kappa shape index (κ2) is 5.89. The van der Waals surface area contributed by atoms with Crippen molar-refractivity contribution in [3.8, 4) is 5.88 Å². The molecule has 3 aromatic rings. The van der Waals surface area contributed by atoms with E-state index in [0.29, 0.717) is 17.1 Å². The molecular formula is C17H17N3O2. The molecular weight excluding hydrogens is 278 g/mol. The summed E-state index contributed by atoms with van der Waals surface area (Å²) in [6, 6.07) is 11.4. The fourth-order valence-electron chi connectivity index (χ4n) is 2.46. The van der Waals surface area contributed by atoms with E-state index in [1.165, 1.54) is 0 Å². The smallest absolute Gasteiger partial charge is 0.257 e. The standard InChI is InChI=1S/C17H17N3O2/c1-3-20-11-14(13-6-4-5-7-15(13)20)17(21)19-12-8-9-16(22-2)18-10-12/h4-11H,3H2,1-2H3,(H,19,21). The van der Waals surface area contributed by atoms with Crippen LogP contribution in [0.15, 0.2) is 48.8 Å². The monoisotopic (exact) mass is 295 g/mol. The van der Waals surface area contributed by atoms with Crippen LogP contribution in [-0.2, 0) is 6.54 Å². The Labute approximate surface area is 128 Å². The fraction of sp³-hybridized carbons (Fsp3) is 0.176. The highest BCUT2D eigenvalue weighted by Gasteiger charge is 2.14. The average Bonchev–Trinajstić information content (AvgIpc) is 2.94. The molecule has 2 aromatic heterocycles. The maximum absolute atomic E-state index is 12.5. The van der Waals surface area contributed by atoms with E-state index in [1.54, 1.807) is 25.4 Å². The number of aromatic nitrogens is 2. The van der Waals surface area contributed by atoms with E-state index in [9.17, 15) is 4.79 Å². The van der Waals surface area contributed by atoms with Crippen molar-refractivity contribution in [3.05, 3.63) is 54.4 Å². The van der Waals surface area contributed by atoms with Gasteiger partial charge in [-0.25, -0.2) is 4.98 Å². The number of rotatable bonds is 4. The third kappa shape index (κ3) is 2.53. The number of benzene rings is 1. The molecule has 0 aliphatic carbocycles. The Kier molecular flexibility index (Phi) is 3.78. The highest BCUT2D eigenvalue weighted by Crippen LogP contribution is 2.22. The summed E-state index contributed by atoms with van der Waals surface area (Å²) in [7, 11) is 1.56. The lowest BCUT2D eigenvalue weighted by molar-refractivity contribution is 0.102. The number of nitrogens with one attached hydrogen (secondary N) is 1. The maximum Gasteiger partial charge on any atom is 0.257 e. The zero-order valence-electron chi connectivity index (χ0n) is 12.5. The van der Waals surface area contributed by atoms with Crippen molar-refractivity contribution in [2.24, 2.45) is 0 Å². The van der Waals surface area contributed by atoms with Crippen LogP contribution in [0, 0.1) is 0 Å². The van der Waals surface area contributed by atoms with Gasteiger partial charge in [0.25, 0.3) is 5.91 Å². The number of methoxy groups -OCH3 is 1. The number of fused-ring (bicyclic) bond motifs is 1. The summed E-state index contributed by atoms with van der Waals surface area (Å²) in [5.41, 5.74) is 2.36. The molecule has 0 spiro atoms. The summed E-state index contributed by atoms with van der Waals surface area (Å²) in [5, 5.41) is 3.82. The van der Waals surface area contributed by atoms with Crippen LogP contribution in [0.4, 0.5) is 5.69 Å². The summed E-state index contributed by atoms with van der Waals surface area (Å²) in [6.07, 6.45) is 3.46. The molecule has 0 bridgehead atoms. The number of hydrogen-bond acceptors (Lipinski definition) is 3. The predicted octanol–water partition coefficient (Wildman–Crippen LogP) is 3.32. The average molecular weight is 295 g/mol. The van der Waals surface area contributed by atoms with E-state index in [4.69, 9.17) is 4.74 Å². The van der Waals surface area contributed by atoms with Crippen LogP contribution in [0.3, 0.4) is 0 Å². The molecule has 1 N–H and O–H groups in total. The number of amides is 1. The van der Waals surface area contributed by atoms with Crippen molar-refractivity contribution in [2.75, 3.05) is 12.4 Å². The Morgan fingerprint density at radius 3 is 2.77 bits per heavy atom. The third-order valence-corrected chi connectivity index (χ3v) is 3.58. The molecule has 0 fully saturated rings. The van der Waals surface area contributed by atoms with E-state index in [1.807, 2.05) is 30.5 Å². The summed E-state index contributed by atoms with van der Waals surface area (Å²) in [6.45, 7) is 2.87. The first-order chi connectivity index (χ1) is 10.7. The Morgan fingerprint density at radius 2 is 2.09 bits per heavy atom. The third-order valence-electron chi connectivity index (χ3n) is 3.58. The van der Waals surface area contributed by atoms with E-state index >= 15 is 0 Å². The van der Waals surface area contributed by atoms with Crippen LogP contribution < -0.4 is 10.1 Å². The number of nitrogens with zero attached hydrogens (tertiary/aromatic N) is 2. The minimum absolute atomic E-state index is 0.143. The van der Waals surface area contributed by atoms with E-state index in [0.717, 1.165) is 17.4 Å².